The first-order valence-corrected chi connectivity index (χ1v) is 9.42. The molecule has 0 saturated carbocycles. The summed E-state index contributed by atoms with van der Waals surface area (Å²) in [5.74, 6) is -0.492. The van der Waals surface area contributed by atoms with Crippen LogP contribution in [0.3, 0.4) is 0 Å². The van der Waals surface area contributed by atoms with Crippen molar-refractivity contribution in [2.24, 2.45) is 0 Å². The summed E-state index contributed by atoms with van der Waals surface area (Å²) in [5, 5.41) is 11.3. The third-order valence-corrected chi connectivity index (χ3v) is 4.07. The summed E-state index contributed by atoms with van der Waals surface area (Å²) >= 11 is 0. The van der Waals surface area contributed by atoms with Crippen LogP contribution in [0.25, 0.3) is 0 Å². The van der Waals surface area contributed by atoms with Gasteiger partial charge in [0.05, 0.1) is 12.8 Å². The maximum Gasteiger partial charge on any atom is 0.291 e. The van der Waals surface area contributed by atoms with Gasteiger partial charge in [-0.15, -0.1) is 0 Å². The number of amides is 3. The van der Waals surface area contributed by atoms with Gasteiger partial charge in [0, 0.05) is 29.2 Å². The maximum atomic E-state index is 12.3. The molecule has 0 radical (unpaired) electrons. The fraction of sp³-hybridized carbons (Fsp3) is 0.136. The highest BCUT2D eigenvalue weighted by Crippen LogP contribution is 2.17. The average molecular weight is 406 g/mol. The number of carbonyl (C=O) groups excluding carboxylic acids is 3. The predicted octanol–water partition coefficient (Wildman–Crippen LogP) is 3.93. The SMILES string of the molecule is CCC(=O)Nc1cccc(NC(=O)CNc2cccc(NC(=O)c3ccco3)c2)c1. The quantitative estimate of drug-likeness (QED) is 0.453. The first-order valence-electron chi connectivity index (χ1n) is 9.42. The van der Waals surface area contributed by atoms with E-state index in [0.29, 0.717) is 29.2 Å². The van der Waals surface area contributed by atoms with Crippen molar-refractivity contribution in [2.45, 2.75) is 13.3 Å². The lowest BCUT2D eigenvalue weighted by molar-refractivity contribution is -0.116. The van der Waals surface area contributed by atoms with Crippen molar-refractivity contribution < 1.29 is 18.8 Å². The standard InChI is InChI=1S/C22H22N4O4/c1-2-20(27)24-16-7-4-8-17(13-16)25-21(28)14-23-15-6-3-9-18(12-15)26-22(29)19-10-5-11-30-19/h3-13,23H,2,14H2,1H3,(H,24,27)(H,25,28)(H,26,29). The average Bonchev–Trinajstić information content (AvgIpc) is 3.28. The molecule has 0 spiro atoms. The lowest BCUT2D eigenvalue weighted by Gasteiger charge is -2.11. The van der Waals surface area contributed by atoms with Crippen molar-refractivity contribution >= 4 is 40.5 Å². The zero-order valence-electron chi connectivity index (χ0n) is 16.4. The Morgan fingerprint density at radius 2 is 1.37 bits per heavy atom. The summed E-state index contributed by atoms with van der Waals surface area (Å²) in [4.78, 5) is 35.8. The molecule has 3 amide bonds. The molecule has 1 aromatic heterocycles. The smallest absolute Gasteiger partial charge is 0.291 e. The van der Waals surface area contributed by atoms with Gasteiger partial charge in [-0.3, -0.25) is 14.4 Å². The van der Waals surface area contributed by atoms with E-state index < -0.39 is 0 Å². The molecule has 8 heteroatoms. The van der Waals surface area contributed by atoms with Gasteiger partial charge in [0.1, 0.15) is 0 Å². The highest BCUT2D eigenvalue weighted by atomic mass is 16.3. The summed E-state index contributed by atoms with van der Waals surface area (Å²) in [6.07, 6.45) is 1.81. The Balaban J connectivity index is 1.53. The Hall–Kier alpha value is -4.07. The highest BCUT2D eigenvalue weighted by Gasteiger charge is 2.09. The minimum absolute atomic E-state index is 0.0289. The molecule has 2 aromatic carbocycles. The summed E-state index contributed by atoms with van der Waals surface area (Å²) in [6, 6.07) is 17.2. The fourth-order valence-corrected chi connectivity index (χ4v) is 2.62. The van der Waals surface area contributed by atoms with Crippen LogP contribution < -0.4 is 21.3 Å². The molecule has 0 aliphatic carbocycles. The molecule has 4 N–H and O–H groups in total. The largest absolute Gasteiger partial charge is 0.459 e. The molecule has 0 aliphatic rings. The molecule has 154 valence electrons. The van der Waals surface area contributed by atoms with E-state index in [4.69, 9.17) is 4.42 Å². The number of carbonyl (C=O) groups is 3. The van der Waals surface area contributed by atoms with Crippen LogP contribution in [-0.4, -0.2) is 24.3 Å². The Bertz CT molecular complexity index is 1030. The summed E-state index contributed by atoms with van der Waals surface area (Å²) in [7, 11) is 0. The number of furan rings is 1. The fourth-order valence-electron chi connectivity index (χ4n) is 2.62. The van der Waals surface area contributed by atoms with Crippen LogP contribution in [-0.2, 0) is 9.59 Å². The molecular formula is C22H22N4O4. The second kappa shape index (κ2) is 9.92. The number of hydrogen-bond donors (Lipinski definition) is 4. The maximum absolute atomic E-state index is 12.3. The Kier molecular flexibility index (Phi) is 6.83. The summed E-state index contributed by atoms with van der Waals surface area (Å²) in [5.41, 5.74) is 2.44. The van der Waals surface area contributed by atoms with Crippen molar-refractivity contribution in [3.63, 3.8) is 0 Å². The Morgan fingerprint density at radius 3 is 2.00 bits per heavy atom. The topological polar surface area (TPSA) is 112 Å². The number of nitrogens with one attached hydrogen (secondary N) is 4. The van der Waals surface area contributed by atoms with Gasteiger partial charge in [-0.2, -0.15) is 0 Å². The lowest BCUT2D eigenvalue weighted by atomic mass is 10.2. The van der Waals surface area contributed by atoms with Crippen LogP contribution in [0.5, 0.6) is 0 Å². The predicted molar refractivity (Wildman–Crippen MR) is 116 cm³/mol. The molecule has 0 bridgehead atoms. The monoisotopic (exact) mass is 406 g/mol. The molecule has 30 heavy (non-hydrogen) atoms. The minimum atomic E-state index is -0.357. The molecule has 3 rings (SSSR count). The van der Waals surface area contributed by atoms with Crippen LogP contribution in [0.15, 0.2) is 71.3 Å². The molecule has 3 aromatic rings. The zero-order chi connectivity index (χ0) is 21.3. The zero-order valence-corrected chi connectivity index (χ0v) is 16.4. The normalized spacial score (nSPS) is 10.2. The van der Waals surface area contributed by atoms with Gasteiger partial charge >= 0.3 is 0 Å². The molecule has 0 fully saturated rings. The van der Waals surface area contributed by atoms with E-state index in [1.807, 2.05) is 0 Å². The van der Waals surface area contributed by atoms with E-state index >= 15 is 0 Å². The van der Waals surface area contributed by atoms with Crippen molar-refractivity contribution in [3.05, 3.63) is 72.7 Å². The molecule has 8 nitrogen and oxygen atoms in total. The second-order valence-corrected chi connectivity index (χ2v) is 6.40. The second-order valence-electron chi connectivity index (χ2n) is 6.40. The third-order valence-electron chi connectivity index (χ3n) is 4.07. The third kappa shape index (κ3) is 5.96. The van der Waals surface area contributed by atoms with Crippen LogP contribution >= 0.6 is 0 Å². The van der Waals surface area contributed by atoms with Crippen LogP contribution in [0.4, 0.5) is 22.7 Å². The first kappa shape index (κ1) is 20.7. The van der Waals surface area contributed by atoms with E-state index in [9.17, 15) is 14.4 Å². The first-order chi connectivity index (χ1) is 14.5. The van der Waals surface area contributed by atoms with E-state index in [1.165, 1.54) is 6.26 Å². The number of benzene rings is 2. The minimum Gasteiger partial charge on any atom is -0.459 e. The van der Waals surface area contributed by atoms with E-state index in [2.05, 4.69) is 21.3 Å². The van der Waals surface area contributed by atoms with Crippen molar-refractivity contribution in [2.75, 3.05) is 27.8 Å². The van der Waals surface area contributed by atoms with Gasteiger partial charge in [-0.25, -0.2) is 0 Å². The van der Waals surface area contributed by atoms with Crippen LogP contribution in [0, 0.1) is 0 Å². The van der Waals surface area contributed by atoms with E-state index in [0.717, 1.165) is 0 Å². The van der Waals surface area contributed by atoms with Crippen molar-refractivity contribution in [3.8, 4) is 0 Å². The molecular weight excluding hydrogens is 384 g/mol. The lowest BCUT2D eigenvalue weighted by Crippen LogP contribution is -2.22. The summed E-state index contributed by atoms with van der Waals surface area (Å²) in [6.45, 7) is 1.80. The van der Waals surface area contributed by atoms with Crippen LogP contribution in [0.1, 0.15) is 23.9 Å². The molecule has 1 heterocycles. The Morgan fingerprint density at radius 1 is 0.767 bits per heavy atom. The number of rotatable bonds is 8. The van der Waals surface area contributed by atoms with Gasteiger partial charge in [0.15, 0.2) is 5.76 Å². The molecule has 0 saturated heterocycles. The summed E-state index contributed by atoms with van der Waals surface area (Å²) < 4.78 is 5.07. The van der Waals surface area contributed by atoms with Gasteiger partial charge in [-0.05, 0) is 48.5 Å². The molecule has 0 atom stereocenters. The van der Waals surface area contributed by atoms with Gasteiger partial charge in [0.2, 0.25) is 11.8 Å². The van der Waals surface area contributed by atoms with E-state index in [-0.39, 0.29) is 30.0 Å². The van der Waals surface area contributed by atoms with Crippen molar-refractivity contribution in [1.82, 2.24) is 0 Å². The number of hydrogen-bond acceptors (Lipinski definition) is 5. The highest BCUT2D eigenvalue weighted by molar-refractivity contribution is 6.02. The van der Waals surface area contributed by atoms with Gasteiger partial charge in [-0.1, -0.05) is 19.1 Å². The molecule has 0 aliphatic heterocycles. The van der Waals surface area contributed by atoms with E-state index in [1.54, 1.807) is 67.6 Å². The van der Waals surface area contributed by atoms with Gasteiger partial charge < -0.3 is 25.7 Å². The number of anilines is 4. The Labute approximate surface area is 173 Å². The van der Waals surface area contributed by atoms with Gasteiger partial charge in [0.25, 0.3) is 5.91 Å². The van der Waals surface area contributed by atoms with Crippen LogP contribution in [0.2, 0.25) is 0 Å². The molecule has 0 unspecified atom stereocenters. The van der Waals surface area contributed by atoms with Crippen molar-refractivity contribution in [1.29, 1.82) is 0 Å².